The minimum absolute atomic E-state index is 0.213. The Labute approximate surface area is 96.4 Å². The molecule has 0 saturated carbocycles. The third-order valence-corrected chi connectivity index (χ3v) is 3.35. The van der Waals surface area contributed by atoms with Crippen LogP contribution in [0.15, 0.2) is 6.20 Å². The van der Waals surface area contributed by atoms with Crippen LogP contribution >= 0.6 is 11.6 Å². The van der Waals surface area contributed by atoms with E-state index in [1.807, 2.05) is 11.7 Å². The van der Waals surface area contributed by atoms with Gasteiger partial charge in [-0.3, -0.25) is 4.68 Å². The minimum atomic E-state index is 0.213. The molecule has 0 radical (unpaired) electrons. The molecule has 1 rings (SSSR count). The number of halogens is 1. The highest BCUT2D eigenvalue weighted by Gasteiger charge is 2.14. The van der Waals surface area contributed by atoms with Crippen LogP contribution in [0.25, 0.3) is 0 Å². The number of nitrogens with zero attached hydrogens (tertiary/aromatic N) is 2. The first kappa shape index (κ1) is 12.4. The summed E-state index contributed by atoms with van der Waals surface area (Å²) < 4.78 is 7.08. The molecular formula is C11H19ClN2O. The molecule has 0 aromatic carbocycles. The van der Waals surface area contributed by atoms with Gasteiger partial charge < -0.3 is 4.74 Å². The van der Waals surface area contributed by atoms with Crippen LogP contribution in [-0.2, 0) is 13.5 Å². The molecule has 0 aliphatic rings. The smallest absolute Gasteiger partial charge is 0.159 e. The maximum Gasteiger partial charge on any atom is 0.159 e. The van der Waals surface area contributed by atoms with Crippen LogP contribution in [0.2, 0.25) is 0 Å². The van der Waals surface area contributed by atoms with Crippen molar-refractivity contribution in [2.45, 2.75) is 32.1 Å². The maximum absolute atomic E-state index is 6.21. The summed E-state index contributed by atoms with van der Waals surface area (Å²) in [6.07, 6.45) is 3.61. The Balaban J connectivity index is 2.60. The lowest BCUT2D eigenvalue weighted by molar-refractivity contribution is 0.406. The summed E-state index contributed by atoms with van der Waals surface area (Å²) in [7, 11) is 3.59. The predicted molar refractivity (Wildman–Crippen MR) is 62.6 cm³/mol. The van der Waals surface area contributed by atoms with E-state index in [9.17, 15) is 0 Å². The Bertz CT molecular complexity index is 310. The van der Waals surface area contributed by atoms with Crippen LogP contribution in [0.4, 0.5) is 0 Å². The highest BCUT2D eigenvalue weighted by Crippen LogP contribution is 2.22. The summed E-state index contributed by atoms with van der Waals surface area (Å²) in [5.41, 5.74) is 1.11. The maximum atomic E-state index is 6.21. The van der Waals surface area contributed by atoms with Crippen molar-refractivity contribution in [3.05, 3.63) is 11.9 Å². The molecular weight excluding hydrogens is 212 g/mol. The average molecular weight is 231 g/mol. The van der Waals surface area contributed by atoms with Crippen molar-refractivity contribution in [2.75, 3.05) is 7.11 Å². The first-order chi connectivity index (χ1) is 7.06. The predicted octanol–water partition coefficient (Wildman–Crippen LogP) is 2.62. The number of rotatable bonds is 5. The zero-order chi connectivity index (χ0) is 11.4. The minimum Gasteiger partial charge on any atom is -0.493 e. The Morgan fingerprint density at radius 1 is 1.53 bits per heavy atom. The molecule has 15 heavy (non-hydrogen) atoms. The van der Waals surface area contributed by atoms with Crippen LogP contribution in [0, 0.1) is 5.92 Å². The third-order valence-electron chi connectivity index (χ3n) is 2.62. The number of aryl methyl sites for hydroxylation is 1. The normalized spacial score (nSPS) is 13.2. The standard InChI is InChI=1S/C11H19ClN2O/c1-8(2)9(12)5-6-10-11(15-4)7-13-14(10)3/h7-9H,5-6H2,1-4H3. The fourth-order valence-corrected chi connectivity index (χ4v) is 1.62. The first-order valence-electron chi connectivity index (χ1n) is 5.25. The lowest BCUT2D eigenvalue weighted by Crippen LogP contribution is -2.10. The fourth-order valence-electron chi connectivity index (χ4n) is 1.51. The molecule has 4 heteroatoms. The van der Waals surface area contributed by atoms with Crippen molar-refractivity contribution in [3.8, 4) is 5.75 Å². The number of aromatic nitrogens is 2. The number of methoxy groups -OCH3 is 1. The van der Waals surface area contributed by atoms with E-state index in [0.717, 1.165) is 24.3 Å². The lowest BCUT2D eigenvalue weighted by Gasteiger charge is -2.13. The fraction of sp³-hybridized carbons (Fsp3) is 0.727. The molecule has 1 atom stereocenters. The molecule has 1 aromatic heterocycles. The molecule has 0 amide bonds. The van der Waals surface area contributed by atoms with Gasteiger partial charge in [-0.1, -0.05) is 13.8 Å². The van der Waals surface area contributed by atoms with Gasteiger partial charge in [-0.2, -0.15) is 5.10 Å². The van der Waals surface area contributed by atoms with Gasteiger partial charge in [-0.15, -0.1) is 11.6 Å². The molecule has 0 N–H and O–H groups in total. The second-order valence-corrected chi connectivity index (χ2v) is 4.64. The molecule has 0 aliphatic carbocycles. The van der Waals surface area contributed by atoms with Gasteiger partial charge in [0.25, 0.3) is 0 Å². The van der Waals surface area contributed by atoms with E-state index < -0.39 is 0 Å². The van der Waals surface area contributed by atoms with Crippen molar-refractivity contribution < 1.29 is 4.74 Å². The van der Waals surface area contributed by atoms with E-state index in [1.54, 1.807) is 13.3 Å². The van der Waals surface area contributed by atoms with Crippen LogP contribution < -0.4 is 4.74 Å². The molecule has 0 saturated heterocycles. The molecule has 0 bridgehead atoms. The first-order valence-corrected chi connectivity index (χ1v) is 5.68. The molecule has 1 aromatic rings. The van der Waals surface area contributed by atoms with E-state index >= 15 is 0 Å². The third kappa shape index (κ3) is 3.13. The zero-order valence-corrected chi connectivity index (χ0v) is 10.6. The number of alkyl halides is 1. The summed E-state index contributed by atoms with van der Waals surface area (Å²) in [6.45, 7) is 4.27. The summed E-state index contributed by atoms with van der Waals surface area (Å²) in [5.74, 6) is 1.36. The molecule has 1 heterocycles. The average Bonchev–Trinajstić information content (AvgIpc) is 2.55. The second-order valence-electron chi connectivity index (χ2n) is 4.08. The molecule has 3 nitrogen and oxygen atoms in total. The summed E-state index contributed by atoms with van der Waals surface area (Å²) in [4.78, 5) is 0. The van der Waals surface area contributed by atoms with E-state index in [1.165, 1.54) is 0 Å². The van der Waals surface area contributed by atoms with Crippen LogP contribution in [0.3, 0.4) is 0 Å². The van der Waals surface area contributed by atoms with Gasteiger partial charge in [0.15, 0.2) is 5.75 Å². The number of ether oxygens (including phenoxy) is 1. The second kappa shape index (κ2) is 5.40. The van der Waals surface area contributed by atoms with Crippen molar-refractivity contribution in [3.63, 3.8) is 0 Å². The van der Waals surface area contributed by atoms with E-state index in [4.69, 9.17) is 16.3 Å². The van der Waals surface area contributed by atoms with Crippen LogP contribution in [0.5, 0.6) is 5.75 Å². The largest absolute Gasteiger partial charge is 0.493 e. The van der Waals surface area contributed by atoms with Crippen molar-refractivity contribution >= 4 is 11.6 Å². The highest BCUT2D eigenvalue weighted by atomic mass is 35.5. The summed E-state index contributed by atoms with van der Waals surface area (Å²) in [6, 6.07) is 0. The Kier molecular flexibility index (Phi) is 4.45. The van der Waals surface area contributed by atoms with Crippen LogP contribution in [-0.4, -0.2) is 22.3 Å². The van der Waals surface area contributed by atoms with E-state index in [-0.39, 0.29) is 5.38 Å². The van der Waals surface area contributed by atoms with E-state index in [0.29, 0.717) is 5.92 Å². The van der Waals surface area contributed by atoms with Crippen LogP contribution in [0.1, 0.15) is 26.0 Å². The lowest BCUT2D eigenvalue weighted by atomic mass is 10.0. The summed E-state index contributed by atoms with van der Waals surface area (Å²) in [5, 5.41) is 4.37. The quantitative estimate of drug-likeness (QED) is 0.728. The number of hydrogen-bond donors (Lipinski definition) is 0. The summed E-state index contributed by atoms with van der Waals surface area (Å²) >= 11 is 6.21. The molecule has 86 valence electrons. The molecule has 0 fully saturated rings. The van der Waals surface area contributed by atoms with Gasteiger partial charge in [-0.05, 0) is 18.8 Å². The van der Waals surface area contributed by atoms with Crippen molar-refractivity contribution in [1.82, 2.24) is 9.78 Å². The zero-order valence-electron chi connectivity index (χ0n) is 9.83. The highest BCUT2D eigenvalue weighted by molar-refractivity contribution is 6.20. The van der Waals surface area contributed by atoms with Gasteiger partial charge in [0.1, 0.15) is 0 Å². The van der Waals surface area contributed by atoms with Gasteiger partial charge in [0.05, 0.1) is 19.0 Å². The van der Waals surface area contributed by atoms with Gasteiger partial charge in [-0.25, -0.2) is 0 Å². The SMILES string of the molecule is COc1cnn(C)c1CCC(Cl)C(C)C. The van der Waals surface area contributed by atoms with Gasteiger partial charge in [0.2, 0.25) is 0 Å². The van der Waals surface area contributed by atoms with Gasteiger partial charge >= 0.3 is 0 Å². The monoisotopic (exact) mass is 230 g/mol. The van der Waals surface area contributed by atoms with Crippen molar-refractivity contribution in [1.29, 1.82) is 0 Å². The van der Waals surface area contributed by atoms with E-state index in [2.05, 4.69) is 18.9 Å². The molecule has 1 unspecified atom stereocenters. The Morgan fingerprint density at radius 2 is 2.20 bits per heavy atom. The van der Waals surface area contributed by atoms with Crippen molar-refractivity contribution in [2.24, 2.45) is 13.0 Å². The molecule has 0 spiro atoms. The van der Waals surface area contributed by atoms with Gasteiger partial charge in [0, 0.05) is 12.4 Å². The molecule has 0 aliphatic heterocycles. The topological polar surface area (TPSA) is 27.1 Å². The number of hydrogen-bond acceptors (Lipinski definition) is 2. The Hall–Kier alpha value is -0.700. The Morgan fingerprint density at radius 3 is 2.73 bits per heavy atom.